The number of rotatable bonds is 0. The van der Waals surface area contributed by atoms with Gasteiger partial charge in [-0.1, -0.05) is 6.92 Å². The quantitative estimate of drug-likeness (QED) is 0.475. The molecule has 46 valence electrons. The Balaban J connectivity index is 2.11. The molecular formula is C7H12S. The van der Waals surface area contributed by atoms with Crippen molar-refractivity contribution in [2.24, 2.45) is 11.3 Å². The first kappa shape index (κ1) is 5.16. The first-order chi connectivity index (χ1) is 3.76. The lowest BCUT2D eigenvalue weighted by Crippen LogP contribution is -2.37. The summed E-state index contributed by atoms with van der Waals surface area (Å²) in [6, 6.07) is 0. The predicted molar refractivity (Wildman–Crippen MR) is 38.2 cm³/mol. The van der Waals surface area contributed by atoms with Gasteiger partial charge < -0.3 is 0 Å². The summed E-state index contributed by atoms with van der Waals surface area (Å²) < 4.78 is 0. The van der Waals surface area contributed by atoms with E-state index in [1.807, 2.05) is 0 Å². The van der Waals surface area contributed by atoms with Gasteiger partial charge in [0.05, 0.1) is 0 Å². The van der Waals surface area contributed by atoms with Crippen LogP contribution in [0.4, 0.5) is 0 Å². The predicted octanol–water partition coefficient (Wildman–Crippen LogP) is 2.10. The second-order valence-corrected chi connectivity index (χ2v) is 4.01. The smallest absolute Gasteiger partial charge is 0.00785 e. The van der Waals surface area contributed by atoms with Gasteiger partial charge >= 0.3 is 0 Å². The van der Waals surface area contributed by atoms with E-state index in [1.165, 1.54) is 19.3 Å². The minimum absolute atomic E-state index is 0.753. The third kappa shape index (κ3) is 0.399. The van der Waals surface area contributed by atoms with Gasteiger partial charge in [-0.3, -0.25) is 0 Å². The van der Waals surface area contributed by atoms with E-state index in [1.54, 1.807) is 0 Å². The van der Waals surface area contributed by atoms with Crippen molar-refractivity contribution in [3.63, 3.8) is 0 Å². The topological polar surface area (TPSA) is 0 Å². The summed E-state index contributed by atoms with van der Waals surface area (Å²) in [5.74, 6) is 0.991. The summed E-state index contributed by atoms with van der Waals surface area (Å²) in [5, 5.41) is 0.762. The summed E-state index contributed by atoms with van der Waals surface area (Å²) in [5.41, 5.74) is 0.753. The average Bonchev–Trinajstić information content (AvgIpc) is 2.44. The molecule has 0 saturated heterocycles. The van der Waals surface area contributed by atoms with E-state index >= 15 is 0 Å². The average molecular weight is 128 g/mol. The van der Waals surface area contributed by atoms with Crippen LogP contribution in [-0.2, 0) is 0 Å². The minimum atomic E-state index is 0.753. The Bertz CT molecular complexity index is 106. The van der Waals surface area contributed by atoms with Crippen LogP contribution in [0, 0.1) is 11.3 Å². The van der Waals surface area contributed by atoms with Crippen LogP contribution in [0.15, 0.2) is 0 Å². The van der Waals surface area contributed by atoms with Gasteiger partial charge in [-0.15, -0.1) is 0 Å². The van der Waals surface area contributed by atoms with Gasteiger partial charge in [0.25, 0.3) is 0 Å². The van der Waals surface area contributed by atoms with E-state index in [-0.39, 0.29) is 0 Å². The summed E-state index contributed by atoms with van der Waals surface area (Å²) >= 11 is 4.49. The Morgan fingerprint density at radius 3 is 2.25 bits per heavy atom. The van der Waals surface area contributed by atoms with Crippen LogP contribution in [0.5, 0.6) is 0 Å². The first-order valence-corrected chi connectivity index (χ1v) is 3.95. The van der Waals surface area contributed by atoms with Crippen LogP contribution in [0.3, 0.4) is 0 Å². The molecule has 0 bridgehead atoms. The summed E-state index contributed by atoms with van der Waals surface area (Å²) in [7, 11) is 0. The third-order valence-corrected chi connectivity index (χ3v) is 3.77. The van der Waals surface area contributed by atoms with Crippen molar-refractivity contribution in [1.29, 1.82) is 0 Å². The fourth-order valence-electron chi connectivity index (χ4n) is 1.94. The molecule has 0 aromatic rings. The number of hydrogen-bond acceptors (Lipinski definition) is 1. The zero-order valence-electron chi connectivity index (χ0n) is 5.22. The Labute approximate surface area is 56.1 Å². The fraction of sp³-hybridized carbons (Fsp3) is 1.00. The van der Waals surface area contributed by atoms with E-state index < -0.39 is 0 Å². The highest BCUT2D eigenvalue weighted by atomic mass is 32.1. The monoisotopic (exact) mass is 128 g/mol. The molecule has 2 saturated carbocycles. The Morgan fingerprint density at radius 2 is 2.12 bits per heavy atom. The molecule has 0 radical (unpaired) electrons. The van der Waals surface area contributed by atoms with Gasteiger partial charge in [-0.25, -0.2) is 0 Å². The molecule has 2 aliphatic carbocycles. The molecule has 2 aliphatic rings. The molecule has 1 heteroatoms. The standard InChI is InChI=1S/C7H12S/c1-5-4-6(8)7(5)2-3-7/h5-6,8H,2-4H2,1H3. The van der Waals surface area contributed by atoms with Gasteiger partial charge in [0.1, 0.15) is 0 Å². The second kappa shape index (κ2) is 1.26. The fourth-order valence-corrected chi connectivity index (χ4v) is 2.77. The number of thiol groups is 1. The number of hydrogen-bond donors (Lipinski definition) is 1. The highest BCUT2D eigenvalue weighted by molar-refractivity contribution is 7.81. The van der Waals surface area contributed by atoms with Crippen molar-refractivity contribution < 1.29 is 0 Å². The molecule has 2 unspecified atom stereocenters. The Kier molecular flexibility index (Phi) is 0.811. The maximum absolute atomic E-state index is 4.49. The van der Waals surface area contributed by atoms with Crippen molar-refractivity contribution in [1.82, 2.24) is 0 Å². The second-order valence-electron chi connectivity index (χ2n) is 3.39. The van der Waals surface area contributed by atoms with Crippen LogP contribution in [-0.4, -0.2) is 5.25 Å². The Hall–Kier alpha value is 0.350. The molecule has 0 aromatic heterocycles. The normalized spacial score (nSPS) is 48.8. The maximum Gasteiger partial charge on any atom is 0.00785 e. The van der Waals surface area contributed by atoms with Crippen LogP contribution in [0.2, 0.25) is 0 Å². The maximum atomic E-state index is 4.49. The molecule has 0 amide bonds. The van der Waals surface area contributed by atoms with Crippen LogP contribution in [0.25, 0.3) is 0 Å². The molecule has 0 nitrogen and oxygen atoms in total. The summed E-state index contributed by atoms with van der Waals surface area (Å²) in [6.45, 7) is 2.36. The summed E-state index contributed by atoms with van der Waals surface area (Å²) in [6.07, 6.45) is 4.29. The molecule has 8 heavy (non-hydrogen) atoms. The van der Waals surface area contributed by atoms with Crippen molar-refractivity contribution in [3.05, 3.63) is 0 Å². The van der Waals surface area contributed by atoms with Gasteiger partial charge in [0, 0.05) is 5.25 Å². The van der Waals surface area contributed by atoms with Crippen molar-refractivity contribution in [3.8, 4) is 0 Å². The lowest BCUT2D eigenvalue weighted by molar-refractivity contribution is 0.184. The Morgan fingerprint density at radius 1 is 1.50 bits per heavy atom. The molecule has 2 fully saturated rings. The van der Waals surface area contributed by atoms with E-state index in [9.17, 15) is 0 Å². The SMILES string of the molecule is CC1CC(S)C12CC2. The molecule has 0 N–H and O–H groups in total. The molecule has 1 spiro atoms. The van der Waals surface area contributed by atoms with E-state index in [0.717, 1.165) is 16.6 Å². The van der Waals surface area contributed by atoms with Gasteiger partial charge in [-0.05, 0) is 30.6 Å². The zero-order chi connectivity index (χ0) is 5.78. The lowest BCUT2D eigenvalue weighted by Gasteiger charge is -2.41. The van der Waals surface area contributed by atoms with Gasteiger partial charge in [0.2, 0.25) is 0 Å². The third-order valence-electron chi connectivity index (χ3n) is 3.05. The van der Waals surface area contributed by atoms with Crippen LogP contribution >= 0.6 is 12.6 Å². The first-order valence-electron chi connectivity index (χ1n) is 3.44. The highest BCUT2D eigenvalue weighted by Gasteiger charge is 2.58. The van der Waals surface area contributed by atoms with E-state index in [0.29, 0.717) is 0 Å². The van der Waals surface area contributed by atoms with E-state index in [4.69, 9.17) is 0 Å². The van der Waals surface area contributed by atoms with Crippen LogP contribution < -0.4 is 0 Å². The lowest BCUT2D eigenvalue weighted by atomic mass is 9.71. The van der Waals surface area contributed by atoms with E-state index in [2.05, 4.69) is 19.6 Å². The largest absolute Gasteiger partial charge is 0.175 e. The molecule has 2 rings (SSSR count). The molecule has 0 aromatic carbocycles. The van der Waals surface area contributed by atoms with Gasteiger partial charge in [0.15, 0.2) is 0 Å². The van der Waals surface area contributed by atoms with Crippen molar-refractivity contribution in [2.45, 2.75) is 31.4 Å². The van der Waals surface area contributed by atoms with Crippen LogP contribution in [0.1, 0.15) is 26.2 Å². The van der Waals surface area contributed by atoms with Gasteiger partial charge in [-0.2, -0.15) is 12.6 Å². The molecular weight excluding hydrogens is 116 g/mol. The minimum Gasteiger partial charge on any atom is -0.175 e. The zero-order valence-corrected chi connectivity index (χ0v) is 6.12. The molecule has 0 aliphatic heterocycles. The molecule has 2 atom stereocenters. The summed E-state index contributed by atoms with van der Waals surface area (Å²) in [4.78, 5) is 0. The highest BCUT2D eigenvalue weighted by Crippen LogP contribution is 2.66. The molecule has 0 heterocycles. The van der Waals surface area contributed by atoms with Crippen molar-refractivity contribution in [2.75, 3.05) is 0 Å². The van der Waals surface area contributed by atoms with Crippen molar-refractivity contribution >= 4 is 12.6 Å².